The molecule has 0 aliphatic carbocycles. The maximum atomic E-state index is 12.7. The van der Waals surface area contributed by atoms with Gasteiger partial charge in [0, 0.05) is 29.4 Å². The van der Waals surface area contributed by atoms with Crippen molar-refractivity contribution in [3.05, 3.63) is 70.8 Å². The van der Waals surface area contributed by atoms with Crippen molar-refractivity contribution in [3.63, 3.8) is 0 Å². The lowest BCUT2D eigenvalue weighted by Gasteiger charge is -2.18. The van der Waals surface area contributed by atoms with Gasteiger partial charge in [0.1, 0.15) is 11.4 Å². The van der Waals surface area contributed by atoms with E-state index in [9.17, 15) is 14.7 Å². The molecule has 1 atom stereocenters. The van der Waals surface area contributed by atoms with E-state index >= 15 is 0 Å². The molecule has 3 rings (SSSR count). The Labute approximate surface area is 155 Å². The molecule has 7 heteroatoms. The van der Waals surface area contributed by atoms with Crippen molar-refractivity contribution < 1.29 is 14.6 Å². The smallest absolute Gasteiger partial charge is 0.341 e. The average Bonchev–Trinajstić information content (AvgIpc) is 2.67. The lowest BCUT2D eigenvalue weighted by molar-refractivity contribution is 0.0694. The second-order valence-electron chi connectivity index (χ2n) is 6.10. The van der Waals surface area contributed by atoms with Crippen molar-refractivity contribution in [3.8, 4) is 16.9 Å². The van der Waals surface area contributed by atoms with Crippen molar-refractivity contribution in [2.24, 2.45) is 0 Å². The highest BCUT2D eigenvalue weighted by Crippen LogP contribution is 2.37. The number of carboxylic acids is 1. The molecule has 1 unspecified atom stereocenters. The quantitative estimate of drug-likeness (QED) is 0.673. The Morgan fingerprint density at radius 3 is 2.70 bits per heavy atom. The Balaban J connectivity index is 2.46. The number of carbonyl (C=O) groups is 1. The molecule has 0 aliphatic heterocycles. The number of carboxylic acid groups (broad SMARTS) is 1. The number of nitrogen functional groups attached to an aromatic ring is 1. The van der Waals surface area contributed by atoms with Gasteiger partial charge in [-0.05, 0) is 29.8 Å². The van der Waals surface area contributed by atoms with Gasteiger partial charge in [-0.15, -0.1) is 6.58 Å². The molecule has 0 saturated heterocycles. The number of rotatable bonds is 5. The van der Waals surface area contributed by atoms with E-state index in [4.69, 9.17) is 10.5 Å². The van der Waals surface area contributed by atoms with Gasteiger partial charge in [-0.1, -0.05) is 13.0 Å². The van der Waals surface area contributed by atoms with Crippen LogP contribution in [0.2, 0.25) is 0 Å². The first kappa shape index (κ1) is 18.2. The molecule has 3 aromatic rings. The van der Waals surface area contributed by atoms with E-state index in [2.05, 4.69) is 11.6 Å². The van der Waals surface area contributed by atoms with Gasteiger partial charge in [0.15, 0.2) is 5.75 Å². The zero-order valence-corrected chi connectivity index (χ0v) is 15.0. The topological polar surface area (TPSA) is 107 Å². The van der Waals surface area contributed by atoms with Crippen molar-refractivity contribution in [1.82, 2.24) is 9.38 Å². The van der Waals surface area contributed by atoms with Crippen molar-refractivity contribution in [1.29, 1.82) is 0 Å². The second kappa shape index (κ2) is 6.95. The van der Waals surface area contributed by atoms with Gasteiger partial charge < -0.3 is 15.6 Å². The molecule has 0 aliphatic rings. The Morgan fingerprint density at radius 1 is 1.41 bits per heavy atom. The molecule has 0 spiro atoms. The fraction of sp³-hybridized carbons (Fsp3) is 0.150. The highest BCUT2D eigenvalue weighted by Gasteiger charge is 2.22. The molecule has 0 fully saturated rings. The normalized spacial score (nSPS) is 11.9. The molecular weight excluding hydrogens is 346 g/mol. The Hall–Kier alpha value is -3.61. The number of hydrogen-bond donors (Lipinski definition) is 2. The number of fused-ring (bicyclic) bond motifs is 1. The van der Waals surface area contributed by atoms with E-state index in [1.807, 2.05) is 6.92 Å². The largest absolute Gasteiger partial charge is 0.494 e. The zero-order chi connectivity index (χ0) is 19.7. The number of aromatic carboxylic acids is 1. The summed E-state index contributed by atoms with van der Waals surface area (Å²) in [5.74, 6) is -0.645. The van der Waals surface area contributed by atoms with Crippen molar-refractivity contribution in [2.75, 3.05) is 12.8 Å². The maximum Gasteiger partial charge on any atom is 0.341 e. The van der Waals surface area contributed by atoms with Gasteiger partial charge in [0.2, 0.25) is 0 Å². The predicted molar refractivity (Wildman–Crippen MR) is 103 cm³/mol. The van der Waals surface area contributed by atoms with Crippen LogP contribution in [0.1, 0.15) is 28.8 Å². The number of ether oxygens (including phenoxy) is 1. The lowest BCUT2D eigenvalue weighted by Crippen LogP contribution is -2.23. The van der Waals surface area contributed by atoms with Crippen LogP contribution in [-0.2, 0) is 0 Å². The molecule has 3 N–H and O–H groups in total. The summed E-state index contributed by atoms with van der Waals surface area (Å²) in [5.41, 5.74) is 7.32. The summed E-state index contributed by atoms with van der Waals surface area (Å²) in [6, 6.07) is 6.55. The predicted octanol–water partition coefficient (Wildman–Crippen LogP) is 2.94. The summed E-state index contributed by atoms with van der Waals surface area (Å²) in [6.07, 6.45) is 4.84. The minimum atomic E-state index is -1.28. The number of nitrogens with zero attached hydrogens (tertiary/aromatic N) is 2. The average molecular weight is 365 g/mol. The Morgan fingerprint density at radius 2 is 2.15 bits per heavy atom. The van der Waals surface area contributed by atoms with Gasteiger partial charge in [-0.2, -0.15) is 0 Å². The van der Waals surface area contributed by atoms with Gasteiger partial charge in [-0.25, -0.2) is 9.78 Å². The molecule has 0 radical (unpaired) electrons. The molecule has 0 aromatic carbocycles. The van der Waals surface area contributed by atoms with E-state index in [1.165, 1.54) is 23.8 Å². The molecule has 3 aromatic heterocycles. The van der Waals surface area contributed by atoms with Gasteiger partial charge in [0.05, 0.1) is 12.6 Å². The third-order valence-electron chi connectivity index (χ3n) is 4.49. The standard InChI is InChI=1S/C20H19N3O4/c1-4-11(2)14-9-15(20(25)26)19(24)23-8-7-13(18(27-3)17(14)23)12-5-6-16(21)22-10-12/h4-11H,1H2,2-3H3,(H2,21,22)(H,25,26). The molecule has 27 heavy (non-hydrogen) atoms. The minimum Gasteiger partial charge on any atom is -0.494 e. The van der Waals surface area contributed by atoms with Crippen LogP contribution in [0.4, 0.5) is 5.82 Å². The van der Waals surface area contributed by atoms with Crippen LogP contribution in [-0.4, -0.2) is 27.6 Å². The van der Waals surface area contributed by atoms with Gasteiger partial charge >= 0.3 is 5.97 Å². The molecule has 7 nitrogen and oxygen atoms in total. The number of hydrogen-bond acceptors (Lipinski definition) is 5. The van der Waals surface area contributed by atoms with E-state index in [1.54, 1.807) is 30.5 Å². The number of allylic oxidation sites excluding steroid dienone is 1. The summed E-state index contributed by atoms with van der Waals surface area (Å²) >= 11 is 0. The van der Waals surface area contributed by atoms with Crippen molar-refractivity contribution in [2.45, 2.75) is 12.8 Å². The molecule has 0 amide bonds. The third-order valence-corrected chi connectivity index (χ3v) is 4.49. The van der Waals surface area contributed by atoms with E-state index in [-0.39, 0.29) is 11.5 Å². The van der Waals surface area contributed by atoms with Crippen molar-refractivity contribution >= 4 is 17.3 Å². The van der Waals surface area contributed by atoms with Crippen LogP contribution in [0.25, 0.3) is 16.6 Å². The summed E-state index contributed by atoms with van der Waals surface area (Å²) in [5, 5.41) is 9.40. The van der Waals surface area contributed by atoms with Gasteiger partial charge in [0.25, 0.3) is 5.56 Å². The minimum absolute atomic E-state index is 0.201. The highest BCUT2D eigenvalue weighted by molar-refractivity contribution is 5.90. The summed E-state index contributed by atoms with van der Waals surface area (Å²) in [7, 11) is 1.50. The number of nitrogens with two attached hydrogens (primary N) is 1. The SMILES string of the molecule is C=CC(C)c1cc(C(=O)O)c(=O)n2ccc(-c3ccc(N)nc3)c(OC)c12. The van der Waals surface area contributed by atoms with E-state index in [0.29, 0.717) is 28.2 Å². The second-order valence-corrected chi connectivity index (χ2v) is 6.10. The first-order chi connectivity index (χ1) is 12.9. The Bertz CT molecular complexity index is 1100. The molecular formula is C20H19N3O4. The zero-order valence-electron chi connectivity index (χ0n) is 15.0. The fourth-order valence-corrected chi connectivity index (χ4v) is 3.02. The van der Waals surface area contributed by atoms with E-state index < -0.39 is 11.5 Å². The van der Waals surface area contributed by atoms with Crippen LogP contribution < -0.4 is 16.0 Å². The third kappa shape index (κ3) is 3.03. The molecule has 0 bridgehead atoms. The lowest BCUT2D eigenvalue weighted by atomic mass is 9.96. The summed E-state index contributed by atoms with van der Waals surface area (Å²) in [4.78, 5) is 28.3. The maximum absolute atomic E-state index is 12.7. The monoisotopic (exact) mass is 365 g/mol. The molecule has 138 valence electrons. The van der Waals surface area contributed by atoms with E-state index in [0.717, 1.165) is 5.56 Å². The fourth-order valence-electron chi connectivity index (χ4n) is 3.02. The molecule has 0 saturated carbocycles. The number of methoxy groups -OCH3 is 1. The van der Waals surface area contributed by atoms with Crippen LogP contribution in [0.3, 0.4) is 0 Å². The number of aromatic nitrogens is 2. The summed E-state index contributed by atoms with van der Waals surface area (Å²) in [6.45, 7) is 5.66. The first-order valence-corrected chi connectivity index (χ1v) is 8.23. The van der Waals surface area contributed by atoms with Crippen LogP contribution in [0.5, 0.6) is 5.75 Å². The first-order valence-electron chi connectivity index (χ1n) is 8.23. The number of anilines is 1. The van der Waals surface area contributed by atoms with Crippen LogP contribution in [0.15, 0.2) is 54.1 Å². The number of pyridine rings is 3. The van der Waals surface area contributed by atoms with Crippen LogP contribution >= 0.6 is 0 Å². The Kier molecular flexibility index (Phi) is 4.68. The van der Waals surface area contributed by atoms with Gasteiger partial charge in [-0.3, -0.25) is 9.20 Å². The van der Waals surface area contributed by atoms with Crippen LogP contribution in [0, 0.1) is 0 Å². The molecule has 3 heterocycles. The summed E-state index contributed by atoms with van der Waals surface area (Å²) < 4.78 is 6.93. The highest BCUT2D eigenvalue weighted by atomic mass is 16.5.